The number of halogens is 3. The molecule has 0 fully saturated rings. The summed E-state index contributed by atoms with van der Waals surface area (Å²) in [6, 6.07) is 6.30. The minimum absolute atomic E-state index is 0.267. The highest BCUT2D eigenvalue weighted by Gasteiger charge is 2.18. The number of ketones is 1. The van der Waals surface area contributed by atoms with Gasteiger partial charge < -0.3 is 14.2 Å². The maximum atomic E-state index is 12.7. The fraction of sp³-hybridized carbons (Fsp3) is 0.167. The lowest BCUT2D eigenvalue weighted by Gasteiger charge is -2.13. The second kappa shape index (κ2) is 8.48. The van der Waals surface area contributed by atoms with E-state index >= 15 is 0 Å². The van der Waals surface area contributed by atoms with E-state index in [2.05, 4.69) is 0 Å². The van der Waals surface area contributed by atoms with Crippen LogP contribution in [0.1, 0.15) is 15.9 Å². The predicted octanol–water partition coefficient (Wildman–Crippen LogP) is 5.57. The molecule has 0 saturated heterocycles. The molecule has 0 unspecified atom stereocenters. The van der Waals surface area contributed by atoms with Crippen molar-refractivity contribution in [3.63, 3.8) is 0 Å². The van der Waals surface area contributed by atoms with Crippen LogP contribution in [-0.4, -0.2) is 27.1 Å². The lowest BCUT2D eigenvalue weighted by Crippen LogP contribution is -2.03. The highest BCUT2D eigenvalue weighted by Crippen LogP contribution is 2.35. The first kappa shape index (κ1) is 19.4. The van der Waals surface area contributed by atoms with Gasteiger partial charge in [0.05, 0.1) is 31.4 Å². The molecule has 0 heterocycles. The summed E-state index contributed by atoms with van der Waals surface area (Å²) >= 11 is 18.1. The molecule has 2 rings (SSSR count). The Morgan fingerprint density at radius 1 is 0.880 bits per heavy atom. The quantitative estimate of drug-likeness (QED) is 0.469. The van der Waals surface area contributed by atoms with Crippen molar-refractivity contribution in [2.75, 3.05) is 21.3 Å². The Hall–Kier alpha value is -1.88. The molecule has 0 atom stereocenters. The third kappa shape index (κ3) is 4.40. The number of benzene rings is 2. The fourth-order valence-corrected chi connectivity index (χ4v) is 3.15. The molecule has 132 valence electrons. The van der Waals surface area contributed by atoms with Gasteiger partial charge in [0.2, 0.25) is 0 Å². The topological polar surface area (TPSA) is 44.8 Å². The monoisotopic (exact) mass is 400 g/mol. The van der Waals surface area contributed by atoms with Crippen LogP contribution in [-0.2, 0) is 0 Å². The number of methoxy groups -OCH3 is 3. The third-order valence-corrected chi connectivity index (χ3v) is 4.25. The number of allylic oxidation sites excluding steroid dienone is 1. The van der Waals surface area contributed by atoms with Gasteiger partial charge in [-0.05, 0) is 24.3 Å². The van der Waals surface area contributed by atoms with Crippen LogP contribution in [0.3, 0.4) is 0 Å². The number of rotatable bonds is 6. The summed E-state index contributed by atoms with van der Waals surface area (Å²) in [5.41, 5.74) is 0.760. The molecular formula is C18H15Cl3O4. The molecule has 0 aliphatic rings. The molecule has 0 radical (unpaired) electrons. The Morgan fingerprint density at radius 3 is 1.84 bits per heavy atom. The van der Waals surface area contributed by atoms with Gasteiger partial charge in [-0.25, -0.2) is 0 Å². The molecule has 2 aromatic carbocycles. The summed E-state index contributed by atoms with van der Waals surface area (Å²) in [6.07, 6.45) is 2.86. The second-order valence-corrected chi connectivity index (χ2v) is 6.14. The minimum Gasteiger partial charge on any atom is -0.496 e. The zero-order valence-electron chi connectivity index (χ0n) is 13.7. The lowest BCUT2D eigenvalue weighted by molar-refractivity contribution is 0.104. The van der Waals surface area contributed by atoms with Gasteiger partial charge in [0, 0.05) is 22.7 Å². The number of carbonyl (C=O) groups excluding carboxylic acids is 1. The first-order chi connectivity index (χ1) is 11.9. The molecule has 0 saturated carbocycles. The van der Waals surface area contributed by atoms with Crippen LogP contribution in [0.2, 0.25) is 15.1 Å². The first-order valence-electron chi connectivity index (χ1n) is 7.08. The van der Waals surface area contributed by atoms with E-state index in [1.54, 1.807) is 24.3 Å². The van der Waals surface area contributed by atoms with Crippen LogP contribution in [0.5, 0.6) is 17.2 Å². The summed E-state index contributed by atoms with van der Waals surface area (Å²) in [5, 5.41) is 1.10. The summed E-state index contributed by atoms with van der Waals surface area (Å²) < 4.78 is 15.7. The zero-order valence-corrected chi connectivity index (χ0v) is 16.0. The maximum absolute atomic E-state index is 12.7. The van der Waals surface area contributed by atoms with Crippen LogP contribution in [0, 0.1) is 0 Å². The first-order valence-corrected chi connectivity index (χ1v) is 8.21. The molecule has 0 N–H and O–H groups in total. The summed E-state index contributed by atoms with van der Waals surface area (Å²) in [6.45, 7) is 0. The average Bonchev–Trinajstić information content (AvgIpc) is 2.59. The Morgan fingerprint density at radius 2 is 1.40 bits per heavy atom. The normalized spacial score (nSPS) is 10.8. The van der Waals surface area contributed by atoms with E-state index in [0.29, 0.717) is 37.9 Å². The average molecular weight is 402 g/mol. The molecule has 25 heavy (non-hydrogen) atoms. The predicted molar refractivity (Wildman–Crippen MR) is 101 cm³/mol. The number of ether oxygens (including phenoxy) is 3. The second-order valence-electron chi connectivity index (χ2n) is 4.89. The molecular weight excluding hydrogens is 387 g/mol. The molecule has 4 nitrogen and oxygen atoms in total. The zero-order chi connectivity index (χ0) is 18.6. The van der Waals surface area contributed by atoms with E-state index in [0.717, 1.165) is 0 Å². The molecule has 7 heteroatoms. The van der Waals surface area contributed by atoms with Gasteiger partial charge in [-0.15, -0.1) is 0 Å². The van der Waals surface area contributed by atoms with Gasteiger partial charge in [0.25, 0.3) is 0 Å². The molecule has 0 aromatic heterocycles. The summed E-state index contributed by atoms with van der Waals surface area (Å²) in [7, 11) is 4.43. The van der Waals surface area contributed by atoms with Crippen molar-refractivity contribution in [3.8, 4) is 17.2 Å². The molecule has 2 aromatic rings. The van der Waals surface area contributed by atoms with Crippen molar-refractivity contribution in [2.24, 2.45) is 0 Å². The summed E-state index contributed by atoms with van der Waals surface area (Å²) in [5.74, 6) is 0.842. The molecule has 0 bridgehead atoms. The van der Waals surface area contributed by atoms with Crippen molar-refractivity contribution in [1.29, 1.82) is 0 Å². The smallest absolute Gasteiger partial charge is 0.193 e. The van der Waals surface area contributed by atoms with Gasteiger partial charge in [0.1, 0.15) is 22.8 Å². The highest BCUT2D eigenvalue weighted by atomic mass is 35.5. The van der Waals surface area contributed by atoms with E-state index < -0.39 is 0 Å². The lowest BCUT2D eigenvalue weighted by atomic mass is 10.1. The maximum Gasteiger partial charge on any atom is 0.193 e. The van der Waals surface area contributed by atoms with Crippen LogP contribution < -0.4 is 14.2 Å². The Kier molecular flexibility index (Phi) is 6.59. The van der Waals surface area contributed by atoms with Crippen molar-refractivity contribution >= 4 is 46.7 Å². The van der Waals surface area contributed by atoms with E-state index in [1.807, 2.05) is 0 Å². The number of carbonyl (C=O) groups is 1. The fourth-order valence-electron chi connectivity index (χ4n) is 2.20. The number of hydrogen-bond acceptors (Lipinski definition) is 4. The van der Waals surface area contributed by atoms with Gasteiger partial charge in [-0.2, -0.15) is 0 Å². The van der Waals surface area contributed by atoms with Crippen LogP contribution in [0.25, 0.3) is 6.08 Å². The van der Waals surface area contributed by atoms with E-state index in [9.17, 15) is 4.79 Å². The largest absolute Gasteiger partial charge is 0.496 e. The Bertz CT molecular complexity index is 783. The van der Waals surface area contributed by atoms with Gasteiger partial charge >= 0.3 is 0 Å². The van der Waals surface area contributed by atoms with E-state index in [-0.39, 0.29) is 11.3 Å². The van der Waals surface area contributed by atoms with Crippen molar-refractivity contribution in [1.82, 2.24) is 0 Å². The van der Waals surface area contributed by atoms with Gasteiger partial charge in [0.15, 0.2) is 5.78 Å². The van der Waals surface area contributed by atoms with Gasteiger partial charge in [-0.3, -0.25) is 4.79 Å². The molecule has 0 aliphatic heterocycles. The SMILES string of the molecule is COc1cc(OC)c(C(=O)/C=C/c2c(Cl)cc(Cl)cc2Cl)c(OC)c1. The molecule has 0 aliphatic carbocycles. The van der Waals surface area contributed by atoms with Crippen LogP contribution >= 0.6 is 34.8 Å². The van der Waals surface area contributed by atoms with E-state index in [4.69, 9.17) is 49.0 Å². The van der Waals surface area contributed by atoms with E-state index in [1.165, 1.54) is 33.5 Å². The Balaban J connectivity index is 2.45. The molecule has 0 amide bonds. The van der Waals surface area contributed by atoms with Crippen LogP contribution in [0.15, 0.2) is 30.3 Å². The van der Waals surface area contributed by atoms with Gasteiger partial charge in [-0.1, -0.05) is 34.8 Å². The Labute approximate surface area is 160 Å². The van der Waals surface area contributed by atoms with Crippen molar-refractivity contribution in [3.05, 3.63) is 56.5 Å². The number of hydrogen-bond donors (Lipinski definition) is 0. The standard InChI is InChI=1S/C18H15Cl3O4/c1-23-11-8-16(24-2)18(17(9-11)25-3)15(22)5-4-12-13(20)6-10(19)7-14(12)21/h4-9H,1-3H3/b5-4+. The van der Waals surface area contributed by atoms with Crippen LogP contribution in [0.4, 0.5) is 0 Å². The third-order valence-electron chi connectivity index (χ3n) is 3.41. The van der Waals surface area contributed by atoms with Crippen molar-refractivity contribution in [2.45, 2.75) is 0 Å². The highest BCUT2D eigenvalue weighted by molar-refractivity contribution is 6.40. The minimum atomic E-state index is -0.335. The summed E-state index contributed by atoms with van der Waals surface area (Å²) in [4.78, 5) is 12.7. The van der Waals surface area contributed by atoms with Crippen molar-refractivity contribution < 1.29 is 19.0 Å². The molecule has 0 spiro atoms.